The van der Waals surface area contributed by atoms with Crippen molar-refractivity contribution in [2.75, 3.05) is 6.54 Å². The molecule has 1 aliphatic carbocycles. The third kappa shape index (κ3) is 1.85. The minimum absolute atomic E-state index is 0.0134. The fraction of sp³-hybridized carbons (Fsp3) is 0.533. The van der Waals surface area contributed by atoms with Gasteiger partial charge in [-0.1, -0.05) is 17.7 Å². The second kappa shape index (κ2) is 4.30. The van der Waals surface area contributed by atoms with Gasteiger partial charge < -0.3 is 4.74 Å². The molecule has 4 atom stereocenters. The van der Waals surface area contributed by atoms with Gasteiger partial charge in [0.05, 0.1) is 10.8 Å². The zero-order valence-electron chi connectivity index (χ0n) is 11.7. The van der Waals surface area contributed by atoms with Gasteiger partial charge in [-0.05, 0) is 37.8 Å². The lowest BCUT2D eigenvalue weighted by Gasteiger charge is -2.31. The summed E-state index contributed by atoms with van der Waals surface area (Å²) in [6.07, 6.45) is 0.932. The first-order valence-corrected chi connectivity index (χ1v) is 8.70. The van der Waals surface area contributed by atoms with Crippen LogP contribution in [0.5, 0.6) is 0 Å². The third-order valence-corrected chi connectivity index (χ3v) is 6.85. The molecular formula is C15H17NO4S. The molecule has 2 heterocycles. The minimum atomic E-state index is -3.60. The first-order valence-electron chi connectivity index (χ1n) is 7.26. The molecule has 0 N–H and O–H groups in total. The van der Waals surface area contributed by atoms with E-state index in [1.54, 1.807) is 24.3 Å². The van der Waals surface area contributed by atoms with Crippen molar-refractivity contribution >= 4 is 16.0 Å². The lowest BCUT2D eigenvalue weighted by molar-refractivity contribution is -0.166. The first kappa shape index (κ1) is 13.3. The number of hydrogen-bond acceptors (Lipinski definition) is 4. The predicted molar refractivity (Wildman–Crippen MR) is 74.7 cm³/mol. The van der Waals surface area contributed by atoms with Crippen LogP contribution < -0.4 is 0 Å². The SMILES string of the molecule is Cc1ccc(S(=O)(=O)N2CC3CC4CC3C2OC4=O)cc1. The second-order valence-corrected chi connectivity index (χ2v) is 8.20. The van der Waals surface area contributed by atoms with E-state index >= 15 is 0 Å². The minimum Gasteiger partial charge on any atom is -0.445 e. The summed E-state index contributed by atoms with van der Waals surface area (Å²) in [6.45, 7) is 2.38. The predicted octanol–water partition coefficient (Wildman–Crippen LogP) is 1.52. The number of fused-ring (bicyclic) bond motifs is 1. The summed E-state index contributed by atoms with van der Waals surface area (Å²) >= 11 is 0. The Bertz CT molecular complexity index is 695. The van der Waals surface area contributed by atoms with Crippen LogP contribution in [0.4, 0.5) is 0 Å². The highest BCUT2D eigenvalue weighted by Gasteiger charge is 2.58. The van der Waals surface area contributed by atoms with Crippen molar-refractivity contribution in [2.45, 2.75) is 30.9 Å². The topological polar surface area (TPSA) is 63.7 Å². The maximum Gasteiger partial charge on any atom is 0.310 e. The normalized spacial score (nSPS) is 35.0. The third-order valence-electron chi connectivity index (χ3n) is 5.01. The van der Waals surface area contributed by atoms with Gasteiger partial charge in [0.15, 0.2) is 6.23 Å². The van der Waals surface area contributed by atoms with E-state index in [2.05, 4.69) is 0 Å². The van der Waals surface area contributed by atoms with Crippen LogP contribution in [0.25, 0.3) is 0 Å². The van der Waals surface area contributed by atoms with Gasteiger partial charge in [-0.3, -0.25) is 4.79 Å². The van der Waals surface area contributed by atoms with Crippen LogP contribution in [0.1, 0.15) is 18.4 Å². The molecule has 1 saturated carbocycles. The van der Waals surface area contributed by atoms with E-state index in [1.165, 1.54) is 4.31 Å². The summed E-state index contributed by atoms with van der Waals surface area (Å²) in [6, 6.07) is 6.80. The molecule has 5 nitrogen and oxygen atoms in total. The zero-order valence-corrected chi connectivity index (χ0v) is 12.5. The number of benzene rings is 1. The van der Waals surface area contributed by atoms with Crippen LogP contribution in [-0.2, 0) is 19.6 Å². The van der Waals surface area contributed by atoms with Crippen molar-refractivity contribution in [3.8, 4) is 0 Å². The molecule has 4 unspecified atom stereocenters. The van der Waals surface area contributed by atoms with Crippen molar-refractivity contribution in [1.29, 1.82) is 0 Å². The summed E-state index contributed by atoms with van der Waals surface area (Å²) in [5, 5.41) is 0. The summed E-state index contributed by atoms with van der Waals surface area (Å²) in [4.78, 5) is 12.1. The number of carbonyl (C=O) groups is 1. The molecule has 21 heavy (non-hydrogen) atoms. The van der Waals surface area contributed by atoms with Crippen LogP contribution in [0.3, 0.4) is 0 Å². The number of esters is 1. The number of sulfonamides is 1. The molecule has 0 aromatic heterocycles. The highest BCUT2D eigenvalue weighted by Crippen LogP contribution is 2.50. The lowest BCUT2D eigenvalue weighted by atomic mass is 9.99. The van der Waals surface area contributed by atoms with Crippen LogP contribution >= 0.6 is 0 Å². The molecule has 1 aromatic rings. The van der Waals surface area contributed by atoms with Crippen molar-refractivity contribution in [3.63, 3.8) is 0 Å². The number of carbonyl (C=O) groups excluding carboxylic acids is 1. The molecule has 2 aliphatic heterocycles. The van der Waals surface area contributed by atoms with Crippen molar-refractivity contribution in [2.24, 2.45) is 17.8 Å². The maximum atomic E-state index is 12.8. The van der Waals surface area contributed by atoms with Gasteiger partial charge in [-0.2, -0.15) is 4.31 Å². The summed E-state index contributed by atoms with van der Waals surface area (Å²) in [5.41, 5.74) is 1.01. The molecular weight excluding hydrogens is 290 g/mol. The Morgan fingerprint density at radius 2 is 1.90 bits per heavy atom. The average Bonchev–Trinajstić information content (AvgIpc) is 2.95. The number of hydrogen-bond donors (Lipinski definition) is 0. The molecule has 3 fully saturated rings. The van der Waals surface area contributed by atoms with E-state index in [9.17, 15) is 13.2 Å². The van der Waals surface area contributed by atoms with Gasteiger partial charge in [0, 0.05) is 12.5 Å². The molecule has 3 aliphatic rings. The number of nitrogens with zero attached hydrogens (tertiary/aromatic N) is 1. The van der Waals surface area contributed by atoms with E-state index < -0.39 is 16.3 Å². The van der Waals surface area contributed by atoms with E-state index in [0.717, 1.165) is 18.4 Å². The Labute approximate surface area is 123 Å². The largest absolute Gasteiger partial charge is 0.445 e. The van der Waals surface area contributed by atoms with Gasteiger partial charge in [-0.25, -0.2) is 8.42 Å². The van der Waals surface area contributed by atoms with Crippen molar-refractivity contribution < 1.29 is 17.9 Å². The van der Waals surface area contributed by atoms with Gasteiger partial charge >= 0.3 is 5.97 Å². The fourth-order valence-corrected chi connectivity index (χ4v) is 5.51. The Hall–Kier alpha value is -1.40. The Kier molecular flexibility index (Phi) is 2.72. The molecule has 0 spiro atoms. The van der Waals surface area contributed by atoms with Crippen LogP contribution in [0.2, 0.25) is 0 Å². The van der Waals surface area contributed by atoms with Crippen LogP contribution in [0, 0.1) is 24.7 Å². The maximum absolute atomic E-state index is 12.8. The highest BCUT2D eigenvalue weighted by atomic mass is 32.2. The number of aryl methyl sites for hydroxylation is 1. The van der Waals surface area contributed by atoms with Gasteiger partial charge in [0.25, 0.3) is 0 Å². The smallest absolute Gasteiger partial charge is 0.310 e. The monoisotopic (exact) mass is 307 g/mol. The Morgan fingerprint density at radius 1 is 1.19 bits per heavy atom. The van der Waals surface area contributed by atoms with E-state index in [-0.39, 0.29) is 28.6 Å². The average molecular weight is 307 g/mol. The molecule has 2 saturated heterocycles. The van der Waals surface area contributed by atoms with Crippen molar-refractivity contribution in [3.05, 3.63) is 29.8 Å². The van der Waals surface area contributed by atoms with Crippen LogP contribution in [0.15, 0.2) is 29.2 Å². The summed E-state index contributed by atoms with van der Waals surface area (Å²) in [7, 11) is -3.60. The Balaban J connectivity index is 1.70. The molecule has 112 valence electrons. The second-order valence-electron chi connectivity index (χ2n) is 6.31. The Morgan fingerprint density at radius 3 is 2.62 bits per heavy atom. The van der Waals surface area contributed by atoms with E-state index in [1.807, 2.05) is 6.92 Å². The molecule has 0 radical (unpaired) electrons. The van der Waals surface area contributed by atoms with E-state index in [4.69, 9.17) is 4.74 Å². The first-order chi connectivity index (χ1) is 9.96. The highest BCUT2D eigenvalue weighted by molar-refractivity contribution is 7.89. The number of rotatable bonds is 2. The molecule has 0 amide bonds. The standard InChI is InChI=1S/C15H17NO4S/c1-9-2-4-12(5-3-9)21(18,19)16-8-11-6-10-7-13(11)14(16)20-15(10)17/h2-5,10-11,13-14H,6-8H2,1H3. The summed E-state index contributed by atoms with van der Waals surface area (Å²) in [5.74, 6) is 0.183. The molecule has 6 heteroatoms. The zero-order chi connectivity index (χ0) is 14.8. The molecule has 1 aromatic carbocycles. The molecule has 2 bridgehead atoms. The van der Waals surface area contributed by atoms with Crippen molar-refractivity contribution in [1.82, 2.24) is 4.31 Å². The van der Waals surface area contributed by atoms with Gasteiger partial charge in [0.2, 0.25) is 10.0 Å². The summed E-state index contributed by atoms with van der Waals surface area (Å²) < 4.78 is 32.4. The fourth-order valence-electron chi connectivity index (χ4n) is 3.90. The van der Waals surface area contributed by atoms with Gasteiger partial charge in [0.1, 0.15) is 0 Å². The van der Waals surface area contributed by atoms with Crippen LogP contribution in [-0.4, -0.2) is 31.5 Å². The number of ether oxygens (including phenoxy) is 1. The van der Waals surface area contributed by atoms with Gasteiger partial charge in [-0.15, -0.1) is 0 Å². The van der Waals surface area contributed by atoms with E-state index in [0.29, 0.717) is 6.54 Å². The molecule has 4 rings (SSSR count). The lowest BCUT2D eigenvalue weighted by Crippen LogP contribution is -2.45. The quantitative estimate of drug-likeness (QED) is 0.777.